The predicted octanol–water partition coefficient (Wildman–Crippen LogP) is 2.77. The fraction of sp³-hybridized carbons (Fsp3) is 1.00. The molecule has 11 heteroatoms. The third-order valence-corrected chi connectivity index (χ3v) is 1.46. The van der Waals surface area contributed by atoms with E-state index in [0.717, 1.165) is 0 Å². The number of unbranched alkanes of at least 4 members (excludes halogenated alkanes) is 4. The average molecular weight is 438 g/mol. The molecule has 0 atom stereocenters. The minimum Gasteiger partial charge on any atom is -0.325 e. The largest absolute Gasteiger partial charge is 0.325 e. The summed E-state index contributed by atoms with van der Waals surface area (Å²) in [7, 11) is 0. The van der Waals surface area contributed by atoms with Crippen molar-refractivity contribution in [1.82, 2.24) is 0 Å². The van der Waals surface area contributed by atoms with Gasteiger partial charge in [0, 0.05) is 19.5 Å². The van der Waals surface area contributed by atoms with Gasteiger partial charge in [0.25, 0.3) is 0 Å². The second kappa shape index (κ2) is 23.9. The van der Waals surface area contributed by atoms with E-state index >= 15 is 0 Å². The summed E-state index contributed by atoms with van der Waals surface area (Å²) in [6, 6.07) is 0. The van der Waals surface area contributed by atoms with Crippen molar-refractivity contribution in [3.63, 3.8) is 0 Å². The van der Waals surface area contributed by atoms with Gasteiger partial charge in [-0.15, -0.1) is 0 Å². The van der Waals surface area contributed by atoms with Gasteiger partial charge < -0.3 is 29.4 Å². The van der Waals surface area contributed by atoms with Crippen LogP contribution in [0.15, 0.2) is 0 Å². The van der Waals surface area contributed by atoms with E-state index < -0.39 is 13.4 Å². The molecular formula is C10H30O6P2S2Zn. The molecule has 0 saturated heterocycles. The van der Waals surface area contributed by atoms with Crippen molar-refractivity contribution in [3.8, 4) is 0 Å². The van der Waals surface area contributed by atoms with Crippen LogP contribution in [0.25, 0.3) is 0 Å². The summed E-state index contributed by atoms with van der Waals surface area (Å²) < 4.78 is 0. The minimum atomic E-state index is -3.81. The number of hydrogen-bond donors (Lipinski definition) is 6. The quantitative estimate of drug-likeness (QED) is 0.225. The molecule has 0 spiro atoms. The molecule has 6 nitrogen and oxygen atoms in total. The molecule has 21 heavy (non-hydrogen) atoms. The third-order valence-electron chi connectivity index (χ3n) is 1.46. The summed E-state index contributed by atoms with van der Waals surface area (Å²) in [5.41, 5.74) is 0. The second-order valence-electron chi connectivity index (χ2n) is 3.73. The van der Waals surface area contributed by atoms with Crippen LogP contribution in [0, 0.1) is 0 Å². The van der Waals surface area contributed by atoms with Crippen LogP contribution < -0.4 is 0 Å². The first-order valence-electron chi connectivity index (χ1n) is 6.39. The van der Waals surface area contributed by atoms with Gasteiger partial charge in [-0.1, -0.05) is 66.2 Å². The summed E-state index contributed by atoms with van der Waals surface area (Å²) >= 11 is 7.21. The maximum atomic E-state index is 7.56. The maximum Gasteiger partial charge on any atom is 0.319 e. The molecular weight excluding hydrogens is 408 g/mol. The molecule has 0 aliphatic carbocycles. The predicted molar refractivity (Wildman–Crippen MR) is 92.3 cm³/mol. The summed E-state index contributed by atoms with van der Waals surface area (Å²) in [4.78, 5) is 45.3. The van der Waals surface area contributed by atoms with Crippen LogP contribution in [0.2, 0.25) is 0 Å². The van der Waals surface area contributed by atoms with E-state index in [1.54, 1.807) is 0 Å². The molecule has 0 heterocycles. The SMILES string of the molecule is CCCC.CCCCCC.OP(O)(O)=S.OP(O)(O)=S.[Zn]. The van der Waals surface area contributed by atoms with E-state index in [4.69, 9.17) is 29.4 Å². The molecule has 0 aromatic rings. The van der Waals surface area contributed by atoms with Gasteiger partial charge in [-0.2, -0.15) is 0 Å². The first-order valence-corrected chi connectivity index (χ1v) is 11.7. The van der Waals surface area contributed by atoms with Gasteiger partial charge in [-0.25, -0.2) is 0 Å². The number of hydrogen-bond acceptors (Lipinski definition) is 2. The molecule has 0 aromatic carbocycles. The van der Waals surface area contributed by atoms with Crippen LogP contribution in [-0.2, 0) is 43.1 Å². The van der Waals surface area contributed by atoms with Crippen molar-refractivity contribution in [1.29, 1.82) is 0 Å². The Balaban J connectivity index is -0.0000000539. The Bertz CT molecular complexity index is 217. The molecule has 0 fully saturated rings. The zero-order chi connectivity index (χ0) is 17.2. The molecule has 0 aromatic heterocycles. The molecule has 0 aliphatic heterocycles. The monoisotopic (exact) mass is 436 g/mol. The van der Waals surface area contributed by atoms with Gasteiger partial charge in [0.15, 0.2) is 0 Å². The minimum absolute atomic E-state index is 0. The van der Waals surface area contributed by atoms with E-state index in [2.05, 4.69) is 51.3 Å². The van der Waals surface area contributed by atoms with Crippen molar-refractivity contribution in [2.24, 2.45) is 0 Å². The van der Waals surface area contributed by atoms with E-state index in [-0.39, 0.29) is 19.5 Å². The third kappa shape index (κ3) is 260. The van der Waals surface area contributed by atoms with Crippen molar-refractivity contribution in [3.05, 3.63) is 0 Å². The van der Waals surface area contributed by atoms with Crippen LogP contribution in [0.3, 0.4) is 0 Å². The number of rotatable bonds is 4. The summed E-state index contributed by atoms with van der Waals surface area (Å²) in [5.74, 6) is 0. The van der Waals surface area contributed by atoms with Crippen molar-refractivity contribution in [2.75, 3.05) is 0 Å². The summed E-state index contributed by atoms with van der Waals surface area (Å²) in [6.45, 7) is 1.21. The van der Waals surface area contributed by atoms with Crippen LogP contribution in [-0.4, -0.2) is 29.4 Å². The Morgan fingerprint density at radius 3 is 0.762 bits per heavy atom. The standard InChI is InChI=1S/C6H14.C4H10.2H3O3PS.Zn/c1-3-5-6-4-2;1-3-4-2;2*1-4(2,3)5;/h3-6H2,1-2H3;3-4H2,1-2H3;2*(H3,1,2,3,5);. The van der Waals surface area contributed by atoms with E-state index in [1.807, 2.05) is 0 Å². The Morgan fingerprint density at radius 2 is 0.714 bits per heavy atom. The first kappa shape index (κ1) is 34.1. The molecule has 130 valence electrons. The Kier molecular flexibility index (Phi) is 38.9. The van der Waals surface area contributed by atoms with E-state index in [1.165, 1.54) is 38.5 Å². The molecule has 0 amide bonds. The average Bonchev–Trinajstić information content (AvgIpc) is 2.22. The fourth-order valence-electron chi connectivity index (χ4n) is 0.500. The Labute approximate surface area is 151 Å². The van der Waals surface area contributed by atoms with Crippen LogP contribution >= 0.6 is 13.4 Å². The van der Waals surface area contributed by atoms with Crippen molar-refractivity contribution >= 4 is 37.1 Å². The maximum absolute atomic E-state index is 7.56. The van der Waals surface area contributed by atoms with Gasteiger partial charge >= 0.3 is 13.4 Å². The first-order chi connectivity index (χ1) is 8.83. The second-order valence-corrected chi connectivity index (χ2v) is 8.73. The summed E-state index contributed by atoms with van der Waals surface area (Å²) in [6.07, 6.45) is 8.18. The zero-order valence-corrected chi connectivity index (χ0v) is 19.7. The fourth-order valence-corrected chi connectivity index (χ4v) is 0.500. The Hall–Kier alpha value is 1.68. The van der Waals surface area contributed by atoms with E-state index in [0.29, 0.717) is 0 Å². The van der Waals surface area contributed by atoms with Gasteiger partial charge in [0.05, 0.1) is 0 Å². The molecule has 0 unspecified atom stereocenters. The van der Waals surface area contributed by atoms with Gasteiger partial charge in [0.2, 0.25) is 0 Å². The molecule has 0 radical (unpaired) electrons. The van der Waals surface area contributed by atoms with Gasteiger partial charge in [-0.05, 0) is 23.6 Å². The van der Waals surface area contributed by atoms with Gasteiger partial charge in [-0.3, -0.25) is 0 Å². The molecule has 6 N–H and O–H groups in total. The summed E-state index contributed by atoms with van der Waals surface area (Å²) in [5, 5.41) is 0. The topological polar surface area (TPSA) is 121 Å². The van der Waals surface area contributed by atoms with Crippen molar-refractivity contribution in [2.45, 2.75) is 66.2 Å². The molecule has 0 saturated carbocycles. The van der Waals surface area contributed by atoms with Crippen LogP contribution in [0.5, 0.6) is 0 Å². The Morgan fingerprint density at radius 1 is 0.571 bits per heavy atom. The van der Waals surface area contributed by atoms with Crippen LogP contribution in [0.1, 0.15) is 66.2 Å². The van der Waals surface area contributed by atoms with Crippen LogP contribution in [0.4, 0.5) is 0 Å². The molecule has 0 bridgehead atoms. The smallest absolute Gasteiger partial charge is 0.319 e. The molecule has 0 rings (SSSR count). The normalized spacial score (nSPS) is 9.62. The van der Waals surface area contributed by atoms with Crippen molar-refractivity contribution < 1.29 is 48.8 Å². The zero-order valence-electron chi connectivity index (χ0n) is 13.3. The molecule has 0 aliphatic rings. The van der Waals surface area contributed by atoms with Gasteiger partial charge in [0.1, 0.15) is 0 Å². The van der Waals surface area contributed by atoms with E-state index in [9.17, 15) is 0 Å².